The maximum absolute atomic E-state index is 14.0. The van der Waals surface area contributed by atoms with Crippen LogP contribution in [-0.2, 0) is 27.7 Å². The average molecular weight is 611 g/mol. The Bertz CT molecular complexity index is 1580. The summed E-state index contributed by atoms with van der Waals surface area (Å²) in [6, 6.07) is 16.9. The van der Waals surface area contributed by atoms with Crippen molar-refractivity contribution in [2.45, 2.75) is 49.6 Å². The minimum Gasteiger partial charge on any atom is -0.495 e. The molecule has 3 aromatic carbocycles. The van der Waals surface area contributed by atoms with E-state index in [1.807, 2.05) is 0 Å². The molecule has 1 atom stereocenters. The highest BCUT2D eigenvalue weighted by molar-refractivity contribution is 7.89. The quantitative estimate of drug-likeness (QED) is 0.239. The Morgan fingerprint density at radius 1 is 1.14 bits per heavy atom. The lowest BCUT2D eigenvalue weighted by Gasteiger charge is -2.31. The van der Waals surface area contributed by atoms with Crippen molar-refractivity contribution in [1.82, 2.24) is 9.62 Å². The number of carboxylic acids is 1. The molecule has 0 unspecified atom stereocenters. The minimum absolute atomic E-state index is 0.103. The number of nitrogens with zero attached hydrogens (tertiary/aromatic N) is 1. The molecule has 0 heterocycles. The van der Waals surface area contributed by atoms with Crippen molar-refractivity contribution in [1.29, 1.82) is 0 Å². The molecule has 0 radical (unpaired) electrons. The first-order valence-corrected chi connectivity index (χ1v) is 15.6. The Labute approximate surface area is 252 Å². The summed E-state index contributed by atoms with van der Waals surface area (Å²) < 4.78 is 47.8. The first-order chi connectivity index (χ1) is 20.3. The molecule has 43 heavy (non-hydrogen) atoms. The lowest BCUT2D eigenvalue weighted by Crippen LogP contribution is -2.47. The molecule has 1 aliphatic carbocycles. The molecule has 0 amide bonds. The normalized spacial score (nSPS) is 14.8. The predicted octanol–water partition coefficient (Wildman–Crippen LogP) is 4.75. The van der Waals surface area contributed by atoms with Crippen LogP contribution in [0.1, 0.15) is 37.0 Å². The Morgan fingerprint density at radius 2 is 1.81 bits per heavy atom. The number of sulfonamides is 1. The van der Waals surface area contributed by atoms with Crippen LogP contribution < -0.4 is 10.1 Å². The second-order valence-electron chi connectivity index (χ2n) is 11.7. The number of rotatable bonds is 13. The number of carboxylic acid groups (broad SMARTS) is 1. The average Bonchev–Trinajstić information content (AvgIpc) is 3.36. The zero-order valence-corrected chi connectivity index (χ0v) is 25.7. The van der Waals surface area contributed by atoms with Gasteiger partial charge in [-0.3, -0.25) is 0 Å². The molecular formula is C33H39FN2O6S. The molecule has 230 valence electrons. The molecule has 4 rings (SSSR count). The molecule has 0 bridgehead atoms. The number of hydrogen-bond acceptors (Lipinski definition) is 6. The number of nitrogens with one attached hydrogen (secondary N) is 1. The maximum Gasteiger partial charge on any atom is 0.328 e. The van der Waals surface area contributed by atoms with Crippen molar-refractivity contribution in [2.24, 2.45) is 5.92 Å². The molecule has 0 spiro atoms. The van der Waals surface area contributed by atoms with Crippen molar-refractivity contribution in [3.8, 4) is 16.9 Å². The molecule has 0 saturated heterocycles. The summed E-state index contributed by atoms with van der Waals surface area (Å²) in [5.41, 5.74) is 3.66. The van der Waals surface area contributed by atoms with Crippen molar-refractivity contribution in [3.05, 3.63) is 89.2 Å². The van der Waals surface area contributed by atoms with Crippen LogP contribution in [0, 0.1) is 11.7 Å². The summed E-state index contributed by atoms with van der Waals surface area (Å²) in [5, 5.41) is 23.3. The molecule has 3 N–H and O–H groups in total. The summed E-state index contributed by atoms with van der Waals surface area (Å²) in [4.78, 5) is 10.9. The molecule has 0 aromatic heterocycles. The number of carbonyl (C=O) groups is 1. The number of fused-ring (bicyclic) bond motifs is 1. The number of hydrogen-bond donors (Lipinski definition) is 3. The Balaban J connectivity index is 1.45. The number of halogens is 1. The molecule has 0 aliphatic heterocycles. The predicted molar refractivity (Wildman–Crippen MR) is 165 cm³/mol. The van der Waals surface area contributed by atoms with E-state index in [0.29, 0.717) is 17.0 Å². The van der Waals surface area contributed by atoms with Gasteiger partial charge in [-0.1, -0.05) is 36.4 Å². The molecule has 10 heteroatoms. The summed E-state index contributed by atoms with van der Waals surface area (Å²) in [6.45, 7) is 4.24. The Kier molecular flexibility index (Phi) is 10.1. The van der Waals surface area contributed by atoms with Gasteiger partial charge in [-0.15, -0.1) is 0 Å². The fraction of sp³-hybridized carbons (Fsp3) is 0.364. The number of methoxy groups -OCH3 is 1. The van der Waals surface area contributed by atoms with E-state index in [9.17, 15) is 22.7 Å². The third kappa shape index (κ3) is 8.08. The van der Waals surface area contributed by atoms with Crippen molar-refractivity contribution >= 4 is 22.1 Å². The van der Waals surface area contributed by atoms with Crippen LogP contribution in [0.3, 0.4) is 0 Å². The van der Waals surface area contributed by atoms with E-state index in [4.69, 9.17) is 9.84 Å². The largest absolute Gasteiger partial charge is 0.495 e. The lowest BCUT2D eigenvalue weighted by atomic mass is 9.88. The fourth-order valence-electron chi connectivity index (χ4n) is 5.75. The number of aliphatic carboxylic acids is 1. The summed E-state index contributed by atoms with van der Waals surface area (Å²) in [7, 11) is -1.37. The number of benzene rings is 3. The van der Waals surface area contributed by atoms with Crippen LogP contribution >= 0.6 is 0 Å². The van der Waals surface area contributed by atoms with Crippen LogP contribution in [0.4, 0.5) is 4.39 Å². The number of aliphatic hydroxyl groups is 1. The number of likely N-dealkylation sites (N-methyl/N-ethyl adjacent to an activating group) is 1. The zero-order valence-electron chi connectivity index (χ0n) is 24.9. The zero-order chi connectivity index (χ0) is 31.4. The molecular weight excluding hydrogens is 571 g/mol. The van der Waals surface area contributed by atoms with Crippen molar-refractivity contribution < 1.29 is 32.6 Å². The van der Waals surface area contributed by atoms with Crippen LogP contribution in [0.15, 0.2) is 71.6 Å². The topological polar surface area (TPSA) is 116 Å². The first kappa shape index (κ1) is 32.3. The van der Waals surface area contributed by atoms with Gasteiger partial charge in [-0.25, -0.2) is 17.6 Å². The van der Waals surface area contributed by atoms with E-state index in [0.717, 1.165) is 29.6 Å². The van der Waals surface area contributed by atoms with Crippen LogP contribution in [-0.4, -0.2) is 67.8 Å². The third-order valence-electron chi connectivity index (χ3n) is 7.80. The monoisotopic (exact) mass is 610 g/mol. The maximum atomic E-state index is 14.0. The van der Waals surface area contributed by atoms with Crippen molar-refractivity contribution in [2.75, 3.05) is 27.2 Å². The summed E-state index contributed by atoms with van der Waals surface area (Å²) in [6.07, 6.45) is 4.14. The van der Waals surface area contributed by atoms with E-state index in [1.54, 1.807) is 6.07 Å². The van der Waals surface area contributed by atoms with E-state index in [-0.39, 0.29) is 34.8 Å². The summed E-state index contributed by atoms with van der Waals surface area (Å²) in [5.74, 6) is -1.16. The van der Waals surface area contributed by atoms with Gasteiger partial charge in [0.25, 0.3) is 0 Å². The lowest BCUT2D eigenvalue weighted by molar-refractivity contribution is -0.131. The highest BCUT2D eigenvalue weighted by atomic mass is 32.2. The first-order valence-electron chi connectivity index (χ1n) is 14.1. The van der Waals surface area contributed by atoms with Gasteiger partial charge >= 0.3 is 5.97 Å². The van der Waals surface area contributed by atoms with Gasteiger partial charge < -0.3 is 20.3 Å². The Hall–Kier alpha value is -3.57. The molecule has 0 saturated carbocycles. The van der Waals surface area contributed by atoms with Crippen LogP contribution in [0.25, 0.3) is 17.2 Å². The van der Waals surface area contributed by atoms with Crippen LogP contribution in [0.5, 0.6) is 5.75 Å². The second kappa shape index (κ2) is 13.4. The van der Waals surface area contributed by atoms with E-state index in [2.05, 4.69) is 43.4 Å². The minimum atomic E-state index is -4.12. The molecule has 1 aliphatic rings. The second-order valence-corrected chi connectivity index (χ2v) is 13.7. The van der Waals surface area contributed by atoms with E-state index < -0.39 is 27.9 Å². The van der Waals surface area contributed by atoms with E-state index in [1.165, 1.54) is 61.7 Å². The number of β-amino-alcohol motifs (C(OH)–C–C–N with tert-alkyl or cyclic N) is 1. The highest BCUT2D eigenvalue weighted by Crippen LogP contribution is 2.34. The van der Waals surface area contributed by atoms with Crippen LogP contribution in [0.2, 0.25) is 0 Å². The van der Waals surface area contributed by atoms with Crippen molar-refractivity contribution in [3.63, 3.8) is 0 Å². The number of ether oxygens (including phenoxy) is 1. The van der Waals surface area contributed by atoms with Gasteiger partial charge in [0.1, 0.15) is 16.5 Å². The standard InChI is InChI=1S/C33H39FN2O6S/c1-33(2,19-22-15-23-7-5-6-8-24(23)16-22)35-20-28(37)21-36(3)43(40,41)31-18-26(9-13-30(31)42-4)29-12-11-27(34)17-25(29)10-14-32(38)39/h5-14,17-18,22,28,35,37H,15-16,19-21H2,1-4H3,(H,38,39)/b14-10+/t28-/m1/s1. The number of aliphatic hydroxyl groups excluding tert-OH is 1. The molecule has 8 nitrogen and oxygen atoms in total. The van der Waals surface area contributed by atoms with E-state index >= 15 is 0 Å². The molecule has 3 aromatic rings. The SMILES string of the molecule is COc1ccc(-c2ccc(F)cc2/C=C/C(=O)O)cc1S(=O)(=O)N(C)C[C@H](O)CNC(C)(C)CC1Cc2ccccc2C1. The summed E-state index contributed by atoms with van der Waals surface area (Å²) >= 11 is 0. The Morgan fingerprint density at radius 3 is 2.44 bits per heavy atom. The van der Waals surface area contributed by atoms with Gasteiger partial charge in [0.15, 0.2) is 0 Å². The van der Waals surface area contributed by atoms with Gasteiger partial charge in [-0.2, -0.15) is 4.31 Å². The van der Waals surface area contributed by atoms with Gasteiger partial charge in [-0.05, 0) is 97.2 Å². The van der Waals surface area contributed by atoms with Gasteiger partial charge in [0.2, 0.25) is 10.0 Å². The molecule has 0 fully saturated rings. The smallest absolute Gasteiger partial charge is 0.328 e. The highest BCUT2D eigenvalue weighted by Gasteiger charge is 2.30. The third-order valence-corrected chi connectivity index (χ3v) is 9.65. The van der Waals surface area contributed by atoms with Gasteiger partial charge in [0, 0.05) is 31.8 Å². The fourth-order valence-corrected chi connectivity index (χ4v) is 7.14. The van der Waals surface area contributed by atoms with Gasteiger partial charge in [0.05, 0.1) is 13.2 Å².